The number of thiocarbonyl (C=S) groups is 1. The summed E-state index contributed by atoms with van der Waals surface area (Å²) in [6.45, 7) is 2.30. The number of rotatable bonds is 2. The van der Waals surface area contributed by atoms with Gasteiger partial charge in [0.15, 0.2) is 5.11 Å². The fourth-order valence-electron chi connectivity index (χ4n) is 1.74. The highest BCUT2D eigenvalue weighted by Gasteiger charge is 2.51. The van der Waals surface area contributed by atoms with Gasteiger partial charge in [0.2, 0.25) is 0 Å². The maximum absolute atomic E-state index is 5.09. The average molecular weight is 185 g/mol. The standard InChI is InChI=1S/C8H15N3S/c1-9-7(12)11-8(2-3-8)6-4-10-5-6/h6,10H,2-5H2,1H3,(H2,9,11,12). The molecule has 1 heterocycles. The predicted octanol–water partition coefficient (Wildman–Crippen LogP) is -0.168. The minimum absolute atomic E-state index is 0.353. The summed E-state index contributed by atoms with van der Waals surface area (Å²) in [7, 11) is 1.87. The Kier molecular flexibility index (Phi) is 1.96. The van der Waals surface area contributed by atoms with Gasteiger partial charge in [0, 0.05) is 31.6 Å². The zero-order chi connectivity index (χ0) is 8.60. The summed E-state index contributed by atoms with van der Waals surface area (Å²) in [5.41, 5.74) is 0.353. The first-order valence-electron chi connectivity index (χ1n) is 4.47. The van der Waals surface area contributed by atoms with Gasteiger partial charge in [0.1, 0.15) is 0 Å². The van der Waals surface area contributed by atoms with E-state index in [0.717, 1.165) is 24.1 Å². The van der Waals surface area contributed by atoms with Crippen molar-refractivity contribution in [1.29, 1.82) is 0 Å². The Balaban J connectivity index is 1.88. The zero-order valence-corrected chi connectivity index (χ0v) is 8.13. The van der Waals surface area contributed by atoms with Crippen LogP contribution in [0.3, 0.4) is 0 Å². The van der Waals surface area contributed by atoms with Gasteiger partial charge in [0.25, 0.3) is 0 Å². The van der Waals surface area contributed by atoms with Crippen molar-refractivity contribution >= 4 is 17.3 Å². The molecule has 2 aliphatic rings. The van der Waals surface area contributed by atoms with Crippen molar-refractivity contribution < 1.29 is 0 Å². The van der Waals surface area contributed by atoms with E-state index in [2.05, 4.69) is 16.0 Å². The highest BCUT2D eigenvalue weighted by Crippen LogP contribution is 2.43. The molecule has 1 saturated heterocycles. The summed E-state index contributed by atoms with van der Waals surface area (Å²) in [5.74, 6) is 0.795. The second kappa shape index (κ2) is 2.85. The number of hydrogen-bond acceptors (Lipinski definition) is 2. The normalized spacial score (nSPS) is 25.8. The van der Waals surface area contributed by atoms with Crippen molar-refractivity contribution in [1.82, 2.24) is 16.0 Å². The van der Waals surface area contributed by atoms with Gasteiger partial charge < -0.3 is 16.0 Å². The Morgan fingerprint density at radius 1 is 1.50 bits per heavy atom. The topological polar surface area (TPSA) is 36.1 Å². The third-order valence-electron chi connectivity index (χ3n) is 2.94. The summed E-state index contributed by atoms with van der Waals surface area (Å²) >= 11 is 5.09. The van der Waals surface area contributed by atoms with Crippen LogP contribution in [-0.2, 0) is 0 Å². The van der Waals surface area contributed by atoms with Gasteiger partial charge in [-0.1, -0.05) is 0 Å². The van der Waals surface area contributed by atoms with E-state index >= 15 is 0 Å². The second-order valence-corrected chi connectivity index (χ2v) is 4.12. The van der Waals surface area contributed by atoms with Crippen LogP contribution in [0.15, 0.2) is 0 Å². The lowest BCUT2D eigenvalue weighted by Gasteiger charge is -2.36. The lowest BCUT2D eigenvalue weighted by atomic mass is 9.91. The van der Waals surface area contributed by atoms with Crippen LogP contribution < -0.4 is 16.0 Å². The second-order valence-electron chi connectivity index (χ2n) is 3.72. The predicted molar refractivity (Wildman–Crippen MR) is 53.1 cm³/mol. The van der Waals surface area contributed by atoms with E-state index in [1.165, 1.54) is 12.8 Å². The van der Waals surface area contributed by atoms with Crippen LogP contribution in [0.1, 0.15) is 12.8 Å². The lowest BCUT2D eigenvalue weighted by Crippen LogP contribution is -2.57. The maximum atomic E-state index is 5.09. The lowest BCUT2D eigenvalue weighted by molar-refractivity contribution is 0.259. The maximum Gasteiger partial charge on any atom is 0.166 e. The molecule has 0 aromatic carbocycles. The quantitative estimate of drug-likeness (QED) is 0.522. The van der Waals surface area contributed by atoms with Gasteiger partial charge in [-0.25, -0.2) is 0 Å². The molecule has 0 bridgehead atoms. The zero-order valence-electron chi connectivity index (χ0n) is 7.31. The first kappa shape index (κ1) is 8.26. The Morgan fingerprint density at radius 2 is 2.17 bits per heavy atom. The molecular formula is C8H15N3S. The van der Waals surface area contributed by atoms with E-state index in [1.807, 2.05) is 7.05 Å². The molecule has 3 N–H and O–H groups in total. The third kappa shape index (κ3) is 1.29. The van der Waals surface area contributed by atoms with Crippen LogP contribution in [0.25, 0.3) is 0 Å². The Morgan fingerprint density at radius 3 is 2.50 bits per heavy atom. The van der Waals surface area contributed by atoms with E-state index in [4.69, 9.17) is 12.2 Å². The monoisotopic (exact) mass is 185 g/mol. The Bertz CT molecular complexity index is 196. The van der Waals surface area contributed by atoms with Gasteiger partial charge in [-0.2, -0.15) is 0 Å². The van der Waals surface area contributed by atoms with Gasteiger partial charge >= 0.3 is 0 Å². The molecule has 2 rings (SSSR count). The average Bonchev–Trinajstić information content (AvgIpc) is 2.65. The molecule has 1 aliphatic heterocycles. The van der Waals surface area contributed by atoms with Crippen LogP contribution in [0.5, 0.6) is 0 Å². The number of nitrogens with one attached hydrogen (secondary N) is 3. The van der Waals surface area contributed by atoms with Crippen molar-refractivity contribution in [3.8, 4) is 0 Å². The summed E-state index contributed by atoms with van der Waals surface area (Å²) in [6, 6.07) is 0. The fraction of sp³-hybridized carbons (Fsp3) is 0.875. The molecule has 0 aromatic heterocycles. The van der Waals surface area contributed by atoms with Crippen molar-refractivity contribution in [2.24, 2.45) is 5.92 Å². The first-order valence-corrected chi connectivity index (χ1v) is 4.88. The van der Waals surface area contributed by atoms with E-state index in [1.54, 1.807) is 0 Å². The summed E-state index contributed by atoms with van der Waals surface area (Å²) in [6.07, 6.45) is 2.56. The van der Waals surface area contributed by atoms with Crippen LogP contribution in [0.2, 0.25) is 0 Å². The van der Waals surface area contributed by atoms with Crippen LogP contribution in [0.4, 0.5) is 0 Å². The number of hydrogen-bond donors (Lipinski definition) is 3. The molecule has 2 fully saturated rings. The fourth-order valence-corrected chi connectivity index (χ4v) is 1.94. The minimum atomic E-state index is 0.353. The molecule has 4 heteroatoms. The molecule has 0 radical (unpaired) electrons. The van der Waals surface area contributed by atoms with Gasteiger partial charge in [-0.05, 0) is 25.1 Å². The minimum Gasteiger partial charge on any atom is -0.366 e. The molecule has 68 valence electrons. The summed E-state index contributed by atoms with van der Waals surface area (Å²) in [4.78, 5) is 0. The van der Waals surface area contributed by atoms with Gasteiger partial charge in [-0.3, -0.25) is 0 Å². The smallest absolute Gasteiger partial charge is 0.166 e. The first-order chi connectivity index (χ1) is 5.77. The molecule has 0 spiro atoms. The molecule has 0 aromatic rings. The Labute approximate surface area is 78.3 Å². The van der Waals surface area contributed by atoms with E-state index in [0.29, 0.717) is 5.54 Å². The van der Waals surface area contributed by atoms with E-state index in [-0.39, 0.29) is 0 Å². The molecule has 12 heavy (non-hydrogen) atoms. The van der Waals surface area contributed by atoms with Crippen LogP contribution in [-0.4, -0.2) is 30.8 Å². The molecule has 0 atom stereocenters. The SMILES string of the molecule is CNC(=S)NC1(C2CNC2)CC1. The molecule has 0 unspecified atom stereocenters. The van der Waals surface area contributed by atoms with Gasteiger partial charge in [-0.15, -0.1) is 0 Å². The largest absolute Gasteiger partial charge is 0.366 e. The van der Waals surface area contributed by atoms with E-state index in [9.17, 15) is 0 Å². The van der Waals surface area contributed by atoms with Crippen molar-refractivity contribution in [2.45, 2.75) is 18.4 Å². The van der Waals surface area contributed by atoms with Crippen LogP contribution >= 0.6 is 12.2 Å². The van der Waals surface area contributed by atoms with Gasteiger partial charge in [0.05, 0.1) is 0 Å². The molecule has 1 saturated carbocycles. The van der Waals surface area contributed by atoms with Crippen molar-refractivity contribution in [3.63, 3.8) is 0 Å². The highest BCUT2D eigenvalue weighted by molar-refractivity contribution is 7.80. The van der Waals surface area contributed by atoms with Crippen molar-refractivity contribution in [2.75, 3.05) is 20.1 Å². The summed E-state index contributed by atoms with van der Waals surface area (Å²) < 4.78 is 0. The van der Waals surface area contributed by atoms with Crippen LogP contribution in [0, 0.1) is 5.92 Å². The van der Waals surface area contributed by atoms with Crippen molar-refractivity contribution in [3.05, 3.63) is 0 Å². The highest BCUT2D eigenvalue weighted by atomic mass is 32.1. The molecule has 0 amide bonds. The van der Waals surface area contributed by atoms with E-state index < -0.39 is 0 Å². The Hall–Kier alpha value is -0.350. The molecule has 3 nitrogen and oxygen atoms in total. The summed E-state index contributed by atoms with van der Waals surface area (Å²) in [5, 5.41) is 10.4. The molecule has 1 aliphatic carbocycles. The molecular weight excluding hydrogens is 170 g/mol. The third-order valence-corrected chi connectivity index (χ3v) is 3.25.